The Balaban J connectivity index is 0.00000300. The molecule has 160 valence electrons. The number of amides is 1. The number of halogens is 1. The van der Waals surface area contributed by atoms with Gasteiger partial charge in [-0.3, -0.25) is 4.79 Å². The number of nitrogens with zero attached hydrogens (tertiary/aromatic N) is 3. The minimum atomic E-state index is 0. The molecule has 8 heteroatoms. The average Bonchev–Trinajstić information content (AvgIpc) is 3.19. The highest BCUT2D eigenvalue weighted by Gasteiger charge is 2.12. The van der Waals surface area contributed by atoms with Gasteiger partial charge in [-0.05, 0) is 24.4 Å². The van der Waals surface area contributed by atoms with E-state index in [1.165, 1.54) is 5.56 Å². The summed E-state index contributed by atoms with van der Waals surface area (Å²) in [6.07, 6.45) is 1.80. The molecule has 0 atom stereocenters. The molecule has 3 rings (SSSR count). The normalized spacial score (nSPS) is 14.6. The molecular weight excluding hydrogens is 390 g/mol. The van der Waals surface area contributed by atoms with Gasteiger partial charge >= 0.3 is 0 Å². The van der Waals surface area contributed by atoms with Crippen molar-refractivity contribution in [1.82, 2.24) is 25.7 Å². The molecule has 0 bridgehead atoms. The Morgan fingerprint density at radius 2 is 1.97 bits per heavy atom. The average molecular weight is 422 g/mol. The van der Waals surface area contributed by atoms with Crippen LogP contribution in [-0.4, -0.2) is 60.2 Å². The van der Waals surface area contributed by atoms with Gasteiger partial charge in [0.25, 0.3) is 0 Å². The molecule has 2 N–H and O–H groups in total. The summed E-state index contributed by atoms with van der Waals surface area (Å²) >= 11 is 0. The zero-order valence-corrected chi connectivity index (χ0v) is 18.1. The van der Waals surface area contributed by atoms with E-state index in [1.807, 2.05) is 12.1 Å². The van der Waals surface area contributed by atoms with Crippen LogP contribution in [0.25, 0.3) is 11.4 Å². The van der Waals surface area contributed by atoms with Crippen LogP contribution >= 0.6 is 12.4 Å². The monoisotopic (exact) mass is 421 g/mol. The molecule has 1 aliphatic rings. The molecular formula is C21H32ClN5O2. The summed E-state index contributed by atoms with van der Waals surface area (Å²) in [5, 5.41) is 10.4. The topological polar surface area (TPSA) is 83.3 Å². The first kappa shape index (κ1) is 23.3. The third-order valence-electron chi connectivity index (χ3n) is 5.05. The first-order chi connectivity index (χ1) is 13.6. The Hall–Kier alpha value is -1.96. The highest BCUT2D eigenvalue weighted by atomic mass is 35.5. The van der Waals surface area contributed by atoms with Gasteiger partial charge in [0.1, 0.15) is 0 Å². The van der Waals surface area contributed by atoms with Crippen LogP contribution in [0.15, 0.2) is 28.8 Å². The summed E-state index contributed by atoms with van der Waals surface area (Å²) < 4.78 is 5.30. The van der Waals surface area contributed by atoms with Crippen LogP contribution in [0, 0.1) is 0 Å². The van der Waals surface area contributed by atoms with Crippen molar-refractivity contribution in [2.75, 3.05) is 39.3 Å². The molecule has 1 fully saturated rings. The van der Waals surface area contributed by atoms with Crippen LogP contribution in [0.4, 0.5) is 0 Å². The molecule has 1 amide bonds. The Bertz CT molecular complexity index is 742. The summed E-state index contributed by atoms with van der Waals surface area (Å²) in [4.78, 5) is 18.9. The van der Waals surface area contributed by atoms with E-state index in [1.54, 1.807) is 0 Å². The van der Waals surface area contributed by atoms with Gasteiger partial charge in [0.05, 0.1) is 0 Å². The van der Waals surface area contributed by atoms with Gasteiger partial charge in [-0.25, -0.2) is 0 Å². The summed E-state index contributed by atoms with van der Waals surface area (Å²) in [6.45, 7) is 10.4. The molecule has 0 saturated carbocycles. The maximum atomic E-state index is 12.0. The molecule has 0 unspecified atom stereocenters. The fourth-order valence-electron chi connectivity index (χ4n) is 3.26. The predicted octanol–water partition coefficient (Wildman–Crippen LogP) is 2.63. The largest absolute Gasteiger partial charge is 0.356 e. The van der Waals surface area contributed by atoms with E-state index in [0.717, 1.165) is 44.7 Å². The Kier molecular flexibility index (Phi) is 9.57. The molecule has 1 aromatic carbocycles. The van der Waals surface area contributed by atoms with Crippen molar-refractivity contribution in [1.29, 1.82) is 0 Å². The second-order valence-corrected chi connectivity index (χ2v) is 7.58. The van der Waals surface area contributed by atoms with Crippen LogP contribution in [0.1, 0.15) is 44.1 Å². The van der Waals surface area contributed by atoms with Crippen molar-refractivity contribution in [2.24, 2.45) is 0 Å². The highest BCUT2D eigenvalue weighted by molar-refractivity contribution is 5.85. The van der Waals surface area contributed by atoms with Crippen LogP contribution in [0.3, 0.4) is 0 Å². The standard InChI is InChI=1S/C21H31N5O2.ClH/c1-16(2)17-4-6-18(7-5-17)21-24-20(28-25-21)9-8-19(27)23-10-3-13-26-14-11-22-12-15-26;/h4-7,16,22H,3,8-15H2,1-2H3,(H,23,27);1H. The van der Waals surface area contributed by atoms with Crippen molar-refractivity contribution in [2.45, 2.75) is 39.0 Å². The van der Waals surface area contributed by atoms with Gasteiger partial charge in [-0.1, -0.05) is 43.3 Å². The first-order valence-corrected chi connectivity index (χ1v) is 10.2. The molecule has 7 nitrogen and oxygen atoms in total. The fourth-order valence-corrected chi connectivity index (χ4v) is 3.26. The molecule has 2 aromatic rings. The van der Waals surface area contributed by atoms with Gasteiger partial charge in [0, 0.05) is 51.1 Å². The molecule has 1 aliphatic heterocycles. The molecule has 1 aromatic heterocycles. The van der Waals surface area contributed by atoms with Crippen molar-refractivity contribution < 1.29 is 9.32 Å². The first-order valence-electron chi connectivity index (χ1n) is 10.2. The zero-order chi connectivity index (χ0) is 19.8. The van der Waals surface area contributed by atoms with Crippen molar-refractivity contribution in [3.05, 3.63) is 35.7 Å². The van der Waals surface area contributed by atoms with E-state index in [-0.39, 0.29) is 18.3 Å². The summed E-state index contributed by atoms with van der Waals surface area (Å²) in [6, 6.07) is 8.19. The number of hydrogen-bond acceptors (Lipinski definition) is 6. The molecule has 2 heterocycles. The lowest BCUT2D eigenvalue weighted by atomic mass is 10.0. The maximum absolute atomic E-state index is 12.0. The van der Waals surface area contributed by atoms with Gasteiger partial charge in [-0.2, -0.15) is 4.98 Å². The van der Waals surface area contributed by atoms with Crippen molar-refractivity contribution in [3.63, 3.8) is 0 Å². The lowest BCUT2D eigenvalue weighted by molar-refractivity contribution is -0.121. The number of nitrogens with one attached hydrogen (secondary N) is 2. The number of piperazine rings is 1. The van der Waals surface area contributed by atoms with Gasteiger partial charge < -0.3 is 20.1 Å². The predicted molar refractivity (Wildman–Crippen MR) is 116 cm³/mol. The van der Waals surface area contributed by atoms with E-state index in [4.69, 9.17) is 4.52 Å². The van der Waals surface area contributed by atoms with Gasteiger partial charge in [0.2, 0.25) is 17.6 Å². The van der Waals surface area contributed by atoms with E-state index < -0.39 is 0 Å². The summed E-state index contributed by atoms with van der Waals surface area (Å²) in [5.74, 6) is 1.59. The maximum Gasteiger partial charge on any atom is 0.227 e. The zero-order valence-electron chi connectivity index (χ0n) is 17.3. The quantitative estimate of drug-likeness (QED) is 0.605. The molecule has 0 aliphatic carbocycles. The molecule has 0 radical (unpaired) electrons. The second-order valence-electron chi connectivity index (χ2n) is 7.58. The van der Waals surface area contributed by atoms with Crippen LogP contribution in [0.5, 0.6) is 0 Å². The van der Waals surface area contributed by atoms with Crippen molar-refractivity contribution in [3.8, 4) is 11.4 Å². The van der Waals surface area contributed by atoms with Crippen molar-refractivity contribution >= 4 is 18.3 Å². The summed E-state index contributed by atoms with van der Waals surface area (Å²) in [5.41, 5.74) is 2.21. The number of benzene rings is 1. The number of hydrogen-bond donors (Lipinski definition) is 2. The van der Waals surface area contributed by atoms with E-state index in [2.05, 4.69) is 51.7 Å². The van der Waals surface area contributed by atoms with E-state index in [0.29, 0.717) is 37.0 Å². The van der Waals surface area contributed by atoms with E-state index in [9.17, 15) is 4.79 Å². The highest BCUT2D eigenvalue weighted by Crippen LogP contribution is 2.20. The van der Waals surface area contributed by atoms with Crippen LogP contribution in [0.2, 0.25) is 0 Å². The Morgan fingerprint density at radius 1 is 1.24 bits per heavy atom. The number of rotatable bonds is 9. The summed E-state index contributed by atoms with van der Waals surface area (Å²) in [7, 11) is 0. The number of aryl methyl sites for hydroxylation is 1. The van der Waals surface area contributed by atoms with Crippen LogP contribution < -0.4 is 10.6 Å². The minimum absolute atomic E-state index is 0. The third-order valence-corrected chi connectivity index (χ3v) is 5.05. The van der Waals surface area contributed by atoms with Crippen LogP contribution in [-0.2, 0) is 11.2 Å². The smallest absolute Gasteiger partial charge is 0.227 e. The fraction of sp³-hybridized carbons (Fsp3) is 0.571. The van der Waals surface area contributed by atoms with Gasteiger partial charge in [0.15, 0.2) is 0 Å². The molecule has 0 spiro atoms. The van der Waals surface area contributed by atoms with Gasteiger partial charge in [-0.15, -0.1) is 12.4 Å². The number of aromatic nitrogens is 2. The lowest BCUT2D eigenvalue weighted by Gasteiger charge is -2.27. The number of carbonyl (C=O) groups is 1. The molecule has 1 saturated heterocycles. The lowest BCUT2D eigenvalue weighted by Crippen LogP contribution is -2.44. The Morgan fingerprint density at radius 3 is 2.66 bits per heavy atom. The number of carbonyl (C=O) groups excluding carboxylic acids is 1. The third kappa shape index (κ3) is 7.42. The second kappa shape index (κ2) is 11.9. The Labute approximate surface area is 179 Å². The SMILES string of the molecule is CC(C)c1ccc(-c2noc(CCC(=O)NCCCN3CCNCC3)n2)cc1.Cl. The minimum Gasteiger partial charge on any atom is -0.356 e. The molecule has 29 heavy (non-hydrogen) atoms. The van der Waals surface area contributed by atoms with E-state index >= 15 is 0 Å².